The number of hydrogen-bond donors (Lipinski definition) is 2. The van der Waals surface area contributed by atoms with E-state index in [2.05, 4.69) is 22.8 Å². The zero-order chi connectivity index (χ0) is 16.8. The molecule has 4 nitrogen and oxygen atoms in total. The quantitative estimate of drug-likeness (QED) is 0.858. The topological polar surface area (TPSA) is 58.2 Å². The molecule has 1 atom stereocenters. The average molecular weight is 322 g/mol. The Morgan fingerprint density at radius 2 is 1.71 bits per heavy atom. The summed E-state index contributed by atoms with van der Waals surface area (Å²) < 4.78 is 0. The summed E-state index contributed by atoms with van der Waals surface area (Å²) in [5, 5.41) is 5.87. The van der Waals surface area contributed by atoms with Gasteiger partial charge in [-0.05, 0) is 29.5 Å². The summed E-state index contributed by atoms with van der Waals surface area (Å²) in [6.07, 6.45) is 2.61. The van der Waals surface area contributed by atoms with Crippen LogP contribution in [0.5, 0.6) is 0 Å². The van der Waals surface area contributed by atoms with E-state index in [-0.39, 0.29) is 17.9 Å². The van der Waals surface area contributed by atoms with Crippen LogP contribution in [0, 0.1) is 0 Å². The predicted molar refractivity (Wildman–Crippen MR) is 93.4 cm³/mol. The number of hydrogen-bond acceptors (Lipinski definition) is 2. The molecule has 0 saturated heterocycles. The molecule has 0 saturated carbocycles. The van der Waals surface area contributed by atoms with Crippen LogP contribution in [-0.2, 0) is 22.4 Å². The van der Waals surface area contributed by atoms with E-state index in [0.29, 0.717) is 19.4 Å². The summed E-state index contributed by atoms with van der Waals surface area (Å²) >= 11 is 0. The Labute approximate surface area is 142 Å². The Hall–Kier alpha value is -2.62. The van der Waals surface area contributed by atoms with Gasteiger partial charge in [-0.15, -0.1) is 0 Å². The van der Waals surface area contributed by atoms with E-state index < -0.39 is 0 Å². The first-order chi connectivity index (χ1) is 11.7. The minimum absolute atomic E-state index is 0.0169. The third-order valence-corrected chi connectivity index (χ3v) is 4.35. The molecule has 0 heterocycles. The van der Waals surface area contributed by atoms with Crippen LogP contribution >= 0.6 is 0 Å². The van der Waals surface area contributed by atoms with Crippen LogP contribution in [0.2, 0.25) is 0 Å². The molecule has 0 unspecified atom stereocenters. The predicted octanol–water partition coefficient (Wildman–Crippen LogP) is 2.54. The SMILES string of the molecule is O=C(Cc1ccccc1)NCCC(=O)N[C@H]1CCc2ccccc21. The second-order valence-electron chi connectivity index (χ2n) is 6.12. The Balaban J connectivity index is 1.40. The van der Waals surface area contributed by atoms with Gasteiger partial charge in [-0.2, -0.15) is 0 Å². The van der Waals surface area contributed by atoms with Crippen molar-refractivity contribution in [1.29, 1.82) is 0 Å². The monoisotopic (exact) mass is 322 g/mol. The fourth-order valence-corrected chi connectivity index (χ4v) is 3.13. The molecule has 1 aliphatic carbocycles. The standard InChI is InChI=1S/C20H22N2O2/c23-19(22-18-11-10-16-8-4-5-9-17(16)18)12-13-21-20(24)14-15-6-2-1-3-7-15/h1-9,18H,10-14H2,(H,21,24)(H,22,23)/t18-/m0/s1. The maximum Gasteiger partial charge on any atom is 0.224 e. The number of amides is 2. The molecule has 0 aromatic heterocycles. The molecule has 2 aromatic carbocycles. The van der Waals surface area contributed by atoms with Gasteiger partial charge in [-0.25, -0.2) is 0 Å². The maximum absolute atomic E-state index is 12.1. The minimum atomic E-state index is -0.0554. The third-order valence-electron chi connectivity index (χ3n) is 4.35. The average Bonchev–Trinajstić information content (AvgIpc) is 2.99. The van der Waals surface area contributed by atoms with Crippen molar-refractivity contribution in [3.8, 4) is 0 Å². The summed E-state index contributed by atoms with van der Waals surface area (Å²) in [5.41, 5.74) is 3.51. The smallest absolute Gasteiger partial charge is 0.224 e. The van der Waals surface area contributed by atoms with Crippen LogP contribution < -0.4 is 10.6 Å². The van der Waals surface area contributed by atoms with E-state index >= 15 is 0 Å². The third kappa shape index (κ3) is 4.22. The first-order valence-electron chi connectivity index (χ1n) is 8.40. The molecule has 2 N–H and O–H groups in total. The first kappa shape index (κ1) is 16.2. The van der Waals surface area contributed by atoms with Gasteiger partial charge in [0.1, 0.15) is 0 Å². The summed E-state index contributed by atoms with van der Waals surface area (Å²) in [7, 11) is 0. The number of aryl methyl sites for hydroxylation is 1. The zero-order valence-electron chi connectivity index (χ0n) is 13.6. The molecule has 2 aromatic rings. The van der Waals surface area contributed by atoms with Gasteiger partial charge in [0.05, 0.1) is 12.5 Å². The maximum atomic E-state index is 12.1. The highest BCUT2D eigenvalue weighted by atomic mass is 16.2. The van der Waals surface area contributed by atoms with Gasteiger partial charge in [-0.3, -0.25) is 9.59 Å². The molecule has 3 rings (SSSR count). The number of rotatable bonds is 6. The molecular formula is C20H22N2O2. The number of fused-ring (bicyclic) bond motifs is 1. The van der Waals surface area contributed by atoms with Crippen molar-refractivity contribution in [3.63, 3.8) is 0 Å². The van der Waals surface area contributed by atoms with Crippen molar-refractivity contribution >= 4 is 11.8 Å². The van der Waals surface area contributed by atoms with Crippen molar-refractivity contribution in [1.82, 2.24) is 10.6 Å². The normalized spacial score (nSPS) is 15.6. The molecule has 0 spiro atoms. The van der Waals surface area contributed by atoms with Gasteiger partial charge < -0.3 is 10.6 Å². The van der Waals surface area contributed by atoms with Gasteiger partial charge in [0.15, 0.2) is 0 Å². The van der Waals surface area contributed by atoms with Crippen LogP contribution in [0.4, 0.5) is 0 Å². The van der Waals surface area contributed by atoms with Crippen LogP contribution in [0.1, 0.15) is 35.6 Å². The number of benzene rings is 2. The second-order valence-corrected chi connectivity index (χ2v) is 6.12. The first-order valence-corrected chi connectivity index (χ1v) is 8.40. The Morgan fingerprint density at radius 3 is 2.54 bits per heavy atom. The summed E-state index contributed by atoms with van der Waals surface area (Å²) in [6.45, 7) is 0.367. The van der Waals surface area contributed by atoms with Crippen molar-refractivity contribution < 1.29 is 9.59 Å². The number of nitrogens with one attached hydrogen (secondary N) is 2. The highest BCUT2D eigenvalue weighted by Crippen LogP contribution is 2.30. The van der Waals surface area contributed by atoms with Crippen LogP contribution in [-0.4, -0.2) is 18.4 Å². The lowest BCUT2D eigenvalue weighted by molar-refractivity contribution is -0.122. The van der Waals surface area contributed by atoms with Gasteiger partial charge in [0.25, 0.3) is 0 Å². The molecule has 0 bridgehead atoms. The summed E-state index contributed by atoms with van der Waals surface area (Å²) in [6, 6.07) is 17.9. The summed E-state index contributed by atoms with van der Waals surface area (Å²) in [4.78, 5) is 23.9. The minimum Gasteiger partial charge on any atom is -0.355 e. The molecule has 0 radical (unpaired) electrons. The van der Waals surface area contributed by atoms with Crippen LogP contribution in [0.15, 0.2) is 54.6 Å². The number of carbonyl (C=O) groups is 2. The zero-order valence-corrected chi connectivity index (χ0v) is 13.6. The van der Waals surface area contributed by atoms with E-state index in [1.165, 1.54) is 11.1 Å². The molecule has 24 heavy (non-hydrogen) atoms. The Morgan fingerprint density at radius 1 is 0.958 bits per heavy atom. The Bertz CT molecular complexity index is 713. The molecular weight excluding hydrogens is 300 g/mol. The van der Waals surface area contributed by atoms with Gasteiger partial charge in [-0.1, -0.05) is 54.6 Å². The summed E-state index contributed by atoms with van der Waals surface area (Å²) in [5.74, 6) is -0.0723. The van der Waals surface area contributed by atoms with Crippen molar-refractivity contribution in [2.75, 3.05) is 6.54 Å². The molecule has 2 amide bonds. The highest BCUT2D eigenvalue weighted by molar-refractivity contribution is 5.80. The number of carbonyl (C=O) groups excluding carboxylic acids is 2. The fraction of sp³-hybridized carbons (Fsp3) is 0.300. The van der Waals surface area contributed by atoms with Crippen molar-refractivity contribution in [3.05, 3.63) is 71.3 Å². The second kappa shape index (κ2) is 7.77. The molecule has 124 valence electrons. The van der Waals surface area contributed by atoms with E-state index in [0.717, 1.165) is 18.4 Å². The van der Waals surface area contributed by atoms with E-state index in [9.17, 15) is 9.59 Å². The van der Waals surface area contributed by atoms with Crippen LogP contribution in [0.3, 0.4) is 0 Å². The van der Waals surface area contributed by atoms with Crippen LogP contribution in [0.25, 0.3) is 0 Å². The molecule has 1 aliphatic rings. The van der Waals surface area contributed by atoms with E-state index in [1.54, 1.807) is 0 Å². The van der Waals surface area contributed by atoms with Gasteiger partial charge in [0, 0.05) is 13.0 Å². The van der Waals surface area contributed by atoms with E-state index in [4.69, 9.17) is 0 Å². The Kier molecular flexibility index (Phi) is 5.26. The lowest BCUT2D eigenvalue weighted by atomic mass is 10.1. The highest BCUT2D eigenvalue weighted by Gasteiger charge is 2.23. The molecule has 0 fully saturated rings. The van der Waals surface area contributed by atoms with Crippen molar-refractivity contribution in [2.45, 2.75) is 31.7 Å². The lowest BCUT2D eigenvalue weighted by Gasteiger charge is -2.14. The lowest BCUT2D eigenvalue weighted by Crippen LogP contribution is -2.32. The van der Waals surface area contributed by atoms with Crippen molar-refractivity contribution in [2.24, 2.45) is 0 Å². The molecule has 0 aliphatic heterocycles. The fourth-order valence-electron chi connectivity index (χ4n) is 3.13. The van der Waals surface area contributed by atoms with Gasteiger partial charge >= 0.3 is 0 Å². The largest absolute Gasteiger partial charge is 0.355 e. The van der Waals surface area contributed by atoms with E-state index in [1.807, 2.05) is 42.5 Å². The van der Waals surface area contributed by atoms with Gasteiger partial charge in [0.2, 0.25) is 11.8 Å². The molecule has 4 heteroatoms.